The van der Waals surface area contributed by atoms with Gasteiger partial charge in [0.25, 0.3) is 0 Å². The van der Waals surface area contributed by atoms with Crippen LogP contribution >= 0.6 is 0 Å². The summed E-state index contributed by atoms with van der Waals surface area (Å²) >= 11 is 0. The van der Waals surface area contributed by atoms with Crippen LogP contribution in [0.5, 0.6) is 0 Å². The number of carbonyl (C=O) groups is 1. The first-order valence-corrected chi connectivity index (χ1v) is 7.17. The standard InChI is InChI=1S/C14H20N4O2/c1-20-14(19)12-8-15-9-13(16-12)18-7-6-17-5-3-2-4-11(17)10-18/h8-9,11H,2-7,10H2,1H3. The fraction of sp³-hybridized carbons (Fsp3) is 0.643. The lowest BCUT2D eigenvalue weighted by atomic mass is 9.99. The van der Waals surface area contributed by atoms with E-state index in [0.717, 1.165) is 25.5 Å². The molecule has 0 saturated carbocycles. The molecule has 20 heavy (non-hydrogen) atoms. The van der Waals surface area contributed by atoms with E-state index in [1.54, 1.807) is 6.20 Å². The van der Waals surface area contributed by atoms with E-state index in [0.29, 0.717) is 6.04 Å². The molecule has 0 spiro atoms. The van der Waals surface area contributed by atoms with Crippen LogP contribution in [-0.4, -0.2) is 60.2 Å². The molecule has 0 amide bonds. The van der Waals surface area contributed by atoms with Crippen LogP contribution in [-0.2, 0) is 4.74 Å². The molecule has 1 unspecified atom stereocenters. The number of hydrogen-bond donors (Lipinski definition) is 0. The molecule has 108 valence electrons. The number of piperidine rings is 1. The van der Waals surface area contributed by atoms with Gasteiger partial charge in [0.05, 0.1) is 19.5 Å². The zero-order chi connectivity index (χ0) is 13.9. The molecule has 0 N–H and O–H groups in total. The number of methoxy groups -OCH3 is 1. The number of carbonyl (C=O) groups excluding carboxylic acids is 1. The fourth-order valence-electron chi connectivity index (χ4n) is 3.08. The summed E-state index contributed by atoms with van der Waals surface area (Å²) in [5.74, 6) is 0.341. The van der Waals surface area contributed by atoms with Gasteiger partial charge in [0.15, 0.2) is 5.69 Å². The van der Waals surface area contributed by atoms with Gasteiger partial charge in [-0.2, -0.15) is 0 Å². The number of rotatable bonds is 2. The summed E-state index contributed by atoms with van der Waals surface area (Å²) in [4.78, 5) is 24.8. The van der Waals surface area contributed by atoms with E-state index in [1.807, 2.05) is 0 Å². The van der Waals surface area contributed by atoms with Crippen molar-refractivity contribution in [1.29, 1.82) is 0 Å². The molecule has 1 aromatic rings. The second-order valence-corrected chi connectivity index (χ2v) is 5.39. The van der Waals surface area contributed by atoms with Crippen molar-refractivity contribution in [3.05, 3.63) is 18.1 Å². The molecule has 0 bridgehead atoms. The lowest BCUT2D eigenvalue weighted by Gasteiger charge is -2.44. The number of nitrogens with zero attached hydrogens (tertiary/aromatic N) is 4. The van der Waals surface area contributed by atoms with E-state index in [2.05, 4.69) is 19.8 Å². The van der Waals surface area contributed by atoms with Crippen LogP contribution in [0.3, 0.4) is 0 Å². The average Bonchev–Trinajstić information content (AvgIpc) is 2.53. The molecule has 2 aliphatic heterocycles. The van der Waals surface area contributed by atoms with E-state index < -0.39 is 5.97 Å². The highest BCUT2D eigenvalue weighted by Gasteiger charge is 2.29. The lowest BCUT2D eigenvalue weighted by molar-refractivity contribution is 0.0593. The van der Waals surface area contributed by atoms with Gasteiger partial charge in [-0.3, -0.25) is 9.88 Å². The van der Waals surface area contributed by atoms with Crippen LogP contribution < -0.4 is 4.90 Å². The van der Waals surface area contributed by atoms with Crippen LogP contribution in [0.1, 0.15) is 29.8 Å². The summed E-state index contributed by atoms with van der Waals surface area (Å²) in [5.41, 5.74) is 0.274. The van der Waals surface area contributed by atoms with Gasteiger partial charge in [0.2, 0.25) is 0 Å². The minimum Gasteiger partial charge on any atom is -0.464 e. The van der Waals surface area contributed by atoms with Crippen molar-refractivity contribution < 1.29 is 9.53 Å². The summed E-state index contributed by atoms with van der Waals surface area (Å²) in [6.07, 6.45) is 7.05. The number of ether oxygens (including phenoxy) is 1. The van der Waals surface area contributed by atoms with Crippen molar-refractivity contribution in [3.63, 3.8) is 0 Å². The van der Waals surface area contributed by atoms with Gasteiger partial charge in [-0.25, -0.2) is 9.78 Å². The Morgan fingerprint density at radius 2 is 2.20 bits per heavy atom. The van der Waals surface area contributed by atoms with Gasteiger partial charge < -0.3 is 9.64 Å². The largest absolute Gasteiger partial charge is 0.464 e. The molecule has 0 aliphatic carbocycles. The normalized spacial score (nSPS) is 23.2. The van der Waals surface area contributed by atoms with Crippen molar-refractivity contribution in [2.75, 3.05) is 38.2 Å². The molecule has 2 fully saturated rings. The Bertz CT molecular complexity index is 494. The van der Waals surface area contributed by atoms with Crippen molar-refractivity contribution in [2.45, 2.75) is 25.3 Å². The summed E-state index contributed by atoms with van der Waals surface area (Å²) in [5, 5.41) is 0. The first-order valence-electron chi connectivity index (χ1n) is 7.17. The highest BCUT2D eigenvalue weighted by molar-refractivity contribution is 5.87. The highest BCUT2D eigenvalue weighted by Crippen LogP contribution is 2.23. The minimum absolute atomic E-state index is 0.274. The van der Waals surface area contributed by atoms with E-state index in [1.165, 1.54) is 39.1 Å². The minimum atomic E-state index is -0.435. The molecule has 3 rings (SSSR count). The SMILES string of the molecule is COC(=O)c1cncc(N2CCN3CCCCC3C2)n1. The third-order valence-corrected chi connectivity index (χ3v) is 4.18. The van der Waals surface area contributed by atoms with Crippen molar-refractivity contribution in [2.24, 2.45) is 0 Å². The molecule has 1 aromatic heterocycles. The summed E-state index contributed by atoms with van der Waals surface area (Å²) in [6, 6.07) is 0.612. The van der Waals surface area contributed by atoms with Gasteiger partial charge in [-0.1, -0.05) is 6.42 Å². The van der Waals surface area contributed by atoms with E-state index in [9.17, 15) is 4.79 Å². The second-order valence-electron chi connectivity index (χ2n) is 5.39. The quantitative estimate of drug-likeness (QED) is 0.749. The third-order valence-electron chi connectivity index (χ3n) is 4.18. The van der Waals surface area contributed by atoms with E-state index in [4.69, 9.17) is 4.74 Å². The van der Waals surface area contributed by atoms with E-state index >= 15 is 0 Å². The van der Waals surface area contributed by atoms with Crippen molar-refractivity contribution >= 4 is 11.8 Å². The zero-order valence-corrected chi connectivity index (χ0v) is 11.8. The second kappa shape index (κ2) is 5.75. The predicted molar refractivity (Wildman–Crippen MR) is 74.8 cm³/mol. The van der Waals surface area contributed by atoms with E-state index in [-0.39, 0.29) is 5.69 Å². The van der Waals surface area contributed by atoms with Crippen molar-refractivity contribution in [3.8, 4) is 0 Å². The molecule has 2 aliphatic rings. The number of piperazine rings is 1. The molecular formula is C14H20N4O2. The van der Waals surface area contributed by atoms with Gasteiger partial charge in [-0.05, 0) is 19.4 Å². The van der Waals surface area contributed by atoms with Gasteiger partial charge in [0, 0.05) is 25.7 Å². The molecule has 0 radical (unpaired) electrons. The number of esters is 1. The smallest absolute Gasteiger partial charge is 0.358 e. The van der Waals surface area contributed by atoms with Crippen LogP contribution in [0.4, 0.5) is 5.82 Å². The molecule has 1 atom stereocenters. The Balaban J connectivity index is 1.74. The summed E-state index contributed by atoms with van der Waals surface area (Å²) < 4.78 is 4.70. The third kappa shape index (κ3) is 2.60. The van der Waals surface area contributed by atoms with Crippen LogP contribution in [0.25, 0.3) is 0 Å². The Kier molecular flexibility index (Phi) is 3.82. The average molecular weight is 276 g/mol. The van der Waals surface area contributed by atoms with Crippen LogP contribution in [0, 0.1) is 0 Å². The molecule has 0 aromatic carbocycles. The Morgan fingerprint density at radius 1 is 1.30 bits per heavy atom. The predicted octanol–water partition coefficient (Wildman–Crippen LogP) is 0.938. The van der Waals surface area contributed by atoms with Gasteiger partial charge >= 0.3 is 5.97 Å². The number of anilines is 1. The Labute approximate surface area is 118 Å². The Morgan fingerprint density at radius 3 is 3.05 bits per heavy atom. The number of hydrogen-bond acceptors (Lipinski definition) is 6. The molecular weight excluding hydrogens is 256 g/mol. The van der Waals surface area contributed by atoms with Crippen molar-refractivity contribution in [1.82, 2.24) is 14.9 Å². The highest BCUT2D eigenvalue weighted by atomic mass is 16.5. The maximum atomic E-state index is 11.5. The molecule has 6 nitrogen and oxygen atoms in total. The molecule has 6 heteroatoms. The first-order chi connectivity index (χ1) is 9.78. The van der Waals surface area contributed by atoms with Crippen LogP contribution in [0.15, 0.2) is 12.4 Å². The Hall–Kier alpha value is -1.69. The topological polar surface area (TPSA) is 58.6 Å². The number of aromatic nitrogens is 2. The molecule has 2 saturated heterocycles. The molecule has 3 heterocycles. The van der Waals surface area contributed by atoms with Gasteiger partial charge in [-0.15, -0.1) is 0 Å². The maximum Gasteiger partial charge on any atom is 0.358 e. The summed E-state index contributed by atoms with van der Waals surface area (Å²) in [7, 11) is 1.36. The summed E-state index contributed by atoms with van der Waals surface area (Å²) in [6.45, 7) is 4.19. The monoisotopic (exact) mass is 276 g/mol. The maximum absolute atomic E-state index is 11.5. The number of fused-ring (bicyclic) bond motifs is 1. The zero-order valence-electron chi connectivity index (χ0n) is 11.8. The van der Waals surface area contributed by atoms with Crippen LogP contribution in [0.2, 0.25) is 0 Å². The lowest BCUT2D eigenvalue weighted by Crippen LogP contribution is -2.55. The first kappa shape index (κ1) is 13.3. The fourth-order valence-corrected chi connectivity index (χ4v) is 3.08. The van der Waals surface area contributed by atoms with Gasteiger partial charge in [0.1, 0.15) is 5.82 Å².